The second-order valence-electron chi connectivity index (χ2n) is 6.10. The lowest BCUT2D eigenvalue weighted by Gasteiger charge is -2.26. The number of rotatable bonds is 5. The molecular weight excluding hydrogens is 362 g/mol. The van der Waals surface area contributed by atoms with Gasteiger partial charge in [-0.15, -0.1) is 0 Å². The molecule has 26 heavy (non-hydrogen) atoms. The number of hydrogen-bond donors (Lipinski definition) is 2. The molecule has 10 heteroatoms. The van der Waals surface area contributed by atoms with E-state index < -0.39 is 15.9 Å². The minimum Gasteiger partial charge on any atom is -0.495 e. The molecule has 0 spiro atoms. The highest BCUT2D eigenvalue weighted by molar-refractivity contribution is 7.89. The number of methoxy groups -OCH3 is 1. The predicted molar refractivity (Wildman–Crippen MR) is 90.9 cm³/mol. The Morgan fingerprint density at radius 3 is 2.50 bits per heavy atom. The maximum Gasteiger partial charge on any atom is 0.269 e. The highest BCUT2D eigenvalue weighted by Gasteiger charge is 2.31. The van der Waals surface area contributed by atoms with Crippen LogP contribution in [0.4, 0.5) is 0 Å². The molecule has 2 N–H and O–H groups in total. The molecule has 2 aliphatic rings. The molecule has 1 saturated heterocycles. The number of amides is 2. The number of hydrogen-bond acceptors (Lipinski definition) is 6. The monoisotopic (exact) mass is 383 g/mol. The second kappa shape index (κ2) is 7.60. The molecule has 1 aromatic rings. The molecule has 0 aromatic heterocycles. The second-order valence-corrected chi connectivity index (χ2v) is 8.01. The van der Waals surface area contributed by atoms with E-state index in [-0.39, 0.29) is 41.1 Å². The fraction of sp³-hybridized carbons (Fsp3) is 0.500. The smallest absolute Gasteiger partial charge is 0.269 e. The van der Waals surface area contributed by atoms with E-state index in [1.54, 1.807) is 0 Å². The van der Waals surface area contributed by atoms with Gasteiger partial charge in [0.2, 0.25) is 15.9 Å². The van der Waals surface area contributed by atoms with Crippen molar-refractivity contribution in [1.82, 2.24) is 15.2 Å². The van der Waals surface area contributed by atoms with Gasteiger partial charge in [0.25, 0.3) is 5.91 Å². The van der Waals surface area contributed by atoms with Gasteiger partial charge >= 0.3 is 0 Å². The molecular formula is C16H21N3O6S. The fourth-order valence-electron chi connectivity index (χ4n) is 2.58. The number of sulfonamides is 1. The zero-order valence-corrected chi connectivity index (χ0v) is 15.2. The minimum absolute atomic E-state index is 0.0524. The van der Waals surface area contributed by atoms with Crippen LogP contribution in [-0.2, 0) is 19.6 Å². The van der Waals surface area contributed by atoms with Crippen molar-refractivity contribution in [3.8, 4) is 5.75 Å². The number of nitrogens with zero attached hydrogens (tertiary/aromatic N) is 1. The number of carbonyl (C=O) groups is 2. The number of morpholine rings is 1. The summed E-state index contributed by atoms with van der Waals surface area (Å²) in [6, 6.07) is 4.11. The lowest BCUT2D eigenvalue weighted by Crippen LogP contribution is -2.42. The van der Waals surface area contributed by atoms with E-state index in [9.17, 15) is 18.0 Å². The van der Waals surface area contributed by atoms with E-state index in [2.05, 4.69) is 10.9 Å². The van der Waals surface area contributed by atoms with Crippen molar-refractivity contribution < 1.29 is 27.5 Å². The highest BCUT2D eigenvalue weighted by Crippen LogP contribution is 2.29. The molecule has 2 fully saturated rings. The van der Waals surface area contributed by atoms with Crippen LogP contribution >= 0.6 is 0 Å². The van der Waals surface area contributed by atoms with E-state index in [0.29, 0.717) is 13.2 Å². The maximum atomic E-state index is 12.9. The third-order valence-electron chi connectivity index (χ3n) is 4.26. The summed E-state index contributed by atoms with van der Waals surface area (Å²) in [5.41, 5.74) is 4.76. The zero-order valence-electron chi connectivity index (χ0n) is 14.4. The van der Waals surface area contributed by atoms with Gasteiger partial charge in [0.05, 0.1) is 20.3 Å². The molecule has 142 valence electrons. The molecule has 1 aromatic carbocycles. The number of hydrazine groups is 1. The number of nitrogens with one attached hydrogen (secondary N) is 2. The van der Waals surface area contributed by atoms with E-state index in [1.807, 2.05) is 0 Å². The van der Waals surface area contributed by atoms with Gasteiger partial charge in [0.15, 0.2) is 0 Å². The Hall–Kier alpha value is -2.17. The van der Waals surface area contributed by atoms with Crippen LogP contribution < -0.4 is 15.6 Å². The maximum absolute atomic E-state index is 12.9. The Labute approximate surface area is 151 Å². The van der Waals surface area contributed by atoms with Crippen LogP contribution in [0.1, 0.15) is 23.2 Å². The van der Waals surface area contributed by atoms with Crippen LogP contribution in [0.25, 0.3) is 0 Å². The average molecular weight is 383 g/mol. The highest BCUT2D eigenvalue weighted by atomic mass is 32.2. The molecule has 1 saturated carbocycles. The topological polar surface area (TPSA) is 114 Å². The molecule has 0 bridgehead atoms. The van der Waals surface area contributed by atoms with Crippen molar-refractivity contribution in [2.45, 2.75) is 17.7 Å². The van der Waals surface area contributed by atoms with Crippen LogP contribution in [0.15, 0.2) is 23.1 Å². The molecule has 0 radical (unpaired) electrons. The largest absolute Gasteiger partial charge is 0.495 e. The minimum atomic E-state index is -3.83. The van der Waals surface area contributed by atoms with E-state index >= 15 is 0 Å². The third kappa shape index (κ3) is 3.97. The predicted octanol–water partition coefficient (Wildman–Crippen LogP) is -0.113. The molecule has 9 nitrogen and oxygen atoms in total. The number of ether oxygens (including phenoxy) is 2. The van der Waals surface area contributed by atoms with E-state index in [1.165, 1.54) is 29.6 Å². The third-order valence-corrected chi connectivity index (χ3v) is 6.18. The number of carbonyl (C=O) groups excluding carboxylic acids is 2. The first-order valence-corrected chi connectivity index (χ1v) is 9.73. The van der Waals surface area contributed by atoms with Crippen LogP contribution in [0.5, 0.6) is 5.75 Å². The molecule has 3 rings (SSSR count). The van der Waals surface area contributed by atoms with Gasteiger partial charge in [-0.1, -0.05) is 0 Å². The van der Waals surface area contributed by atoms with Crippen LogP contribution in [0, 0.1) is 5.92 Å². The fourth-order valence-corrected chi connectivity index (χ4v) is 4.17. The van der Waals surface area contributed by atoms with Gasteiger partial charge in [-0.25, -0.2) is 8.42 Å². The summed E-state index contributed by atoms with van der Waals surface area (Å²) in [6.07, 6.45) is 1.62. The van der Waals surface area contributed by atoms with Crippen LogP contribution in [0.3, 0.4) is 0 Å². The zero-order chi connectivity index (χ0) is 18.7. The summed E-state index contributed by atoms with van der Waals surface area (Å²) in [5, 5.41) is 0. The summed E-state index contributed by atoms with van der Waals surface area (Å²) in [5.74, 6) is -0.744. The number of benzene rings is 1. The van der Waals surface area contributed by atoms with Crippen molar-refractivity contribution in [2.75, 3.05) is 33.4 Å². The van der Waals surface area contributed by atoms with Crippen LogP contribution in [-0.4, -0.2) is 58.0 Å². The van der Waals surface area contributed by atoms with Gasteiger partial charge < -0.3 is 9.47 Å². The molecule has 1 aliphatic heterocycles. The van der Waals surface area contributed by atoms with Crippen LogP contribution in [0.2, 0.25) is 0 Å². The first-order valence-electron chi connectivity index (χ1n) is 8.29. The molecule has 1 aliphatic carbocycles. The van der Waals surface area contributed by atoms with Crippen molar-refractivity contribution >= 4 is 21.8 Å². The van der Waals surface area contributed by atoms with Gasteiger partial charge in [0.1, 0.15) is 10.6 Å². The molecule has 1 heterocycles. The van der Waals surface area contributed by atoms with Gasteiger partial charge in [-0.05, 0) is 31.0 Å². The lowest BCUT2D eigenvalue weighted by molar-refractivity contribution is -0.123. The van der Waals surface area contributed by atoms with Crippen molar-refractivity contribution in [3.05, 3.63) is 23.8 Å². The molecule has 2 amide bonds. The SMILES string of the molecule is COc1ccc(C(=O)NNC(=O)C2CC2)cc1S(=O)(=O)N1CCOCC1. The summed E-state index contributed by atoms with van der Waals surface area (Å²) in [6.45, 7) is 1.10. The normalized spacial score (nSPS) is 18.2. The average Bonchev–Trinajstić information content (AvgIpc) is 3.51. The Balaban J connectivity index is 1.81. The van der Waals surface area contributed by atoms with Gasteiger partial charge in [0, 0.05) is 24.6 Å². The van der Waals surface area contributed by atoms with E-state index in [0.717, 1.165) is 12.8 Å². The summed E-state index contributed by atoms with van der Waals surface area (Å²) in [4.78, 5) is 23.8. The summed E-state index contributed by atoms with van der Waals surface area (Å²) >= 11 is 0. The Morgan fingerprint density at radius 1 is 1.19 bits per heavy atom. The summed E-state index contributed by atoms with van der Waals surface area (Å²) < 4.78 is 37.4. The van der Waals surface area contributed by atoms with E-state index in [4.69, 9.17) is 9.47 Å². The Kier molecular flexibility index (Phi) is 5.44. The standard InChI is InChI=1S/C16H21N3O6S/c1-24-13-5-4-12(16(21)18-17-15(20)11-2-3-11)10-14(13)26(22,23)19-6-8-25-9-7-19/h4-5,10-11H,2-3,6-9H2,1H3,(H,17,20)(H,18,21). The Morgan fingerprint density at radius 2 is 1.88 bits per heavy atom. The first kappa shape index (κ1) is 18.6. The lowest BCUT2D eigenvalue weighted by atomic mass is 10.2. The Bertz CT molecular complexity index is 800. The van der Waals surface area contributed by atoms with Crippen molar-refractivity contribution in [1.29, 1.82) is 0 Å². The van der Waals surface area contributed by atoms with Gasteiger partial charge in [-0.3, -0.25) is 20.4 Å². The molecule has 0 atom stereocenters. The van der Waals surface area contributed by atoms with Crippen molar-refractivity contribution in [2.24, 2.45) is 5.92 Å². The summed E-state index contributed by atoms with van der Waals surface area (Å²) in [7, 11) is -2.47. The van der Waals surface area contributed by atoms with Crippen molar-refractivity contribution in [3.63, 3.8) is 0 Å². The quantitative estimate of drug-likeness (QED) is 0.686. The first-order chi connectivity index (χ1) is 12.4. The van der Waals surface area contributed by atoms with Gasteiger partial charge in [-0.2, -0.15) is 4.31 Å². The molecule has 0 unspecified atom stereocenters.